The summed E-state index contributed by atoms with van der Waals surface area (Å²) in [5, 5.41) is 5.26. The predicted molar refractivity (Wildman–Crippen MR) is 82.9 cm³/mol. The van der Waals surface area contributed by atoms with Gasteiger partial charge in [0.2, 0.25) is 5.91 Å². The maximum Gasteiger partial charge on any atom is 0.220 e. The van der Waals surface area contributed by atoms with Gasteiger partial charge in [-0.25, -0.2) is 0 Å². The van der Waals surface area contributed by atoms with Gasteiger partial charge in [-0.1, -0.05) is 30.3 Å². The molecule has 1 aromatic heterocycles. The fourth-order valence-electron chi connectivity index (χ4n) is 2.86. The lowest BCUT2D eigenvalue weighted by molar-refractivity contribution is -0.121. The zero-order valence-electron chi connectivity index (χ0n) is 11.5. The number of thiophene rings is 1. The molecule has 1 atom stereocenters. The first-order chi connectivity index (χ1) is 9.83. The Labute approximate surface area is 123 Å². The molecule has 1 aromatic carbocycles. The van der Waals surface area contributed by atoms with Crippen molar-refractivity contribution in [1.82, 2.24) is 5.32 Å². The van der Waals surface area contributed by atoms with Gasteiger partial charge in [0, 0.05) is 11.3 Å². The Morgan fingerprint density at radius 1 is 1.25 bits per heavy atom. The third kappa shape index (κ3) is 3.10. The minimum atomic E-state index is 0.167. The molecular formula is C17H19NOS. The molecule has 0 saturated carbocycles. The van der Waals surface area contributed by atoms with Gasteiger partial charge >= 0.3 is 0 Å². The molecule has 2 aromatic rings. The van der Waals surface area contributed by atoms with Gasteiger partial charge in [0.25, 0.3) is 0 Å². The van der Waals surface area contributed by atoms with Gasteiger partial charge in [0.05, 0.1) is 6.04 Å². The van der Waals surface area contributed by atoms with E-state index in [-0.39, 0.29) is 11.9 Å². The highest BCUT2D eigenvalue weighted by atomic mass is 32.1. The predicted octanol–water partition coefficient (Wildman–Crippen LogP) is 3.87. The Kier molecular flexibility index (Phi) is 4.16. The summed E-state index contributed by atoms with van der Waals surface area (Å²) in [7, 11) is 0. The molecule has 2 nitrogen and oxygen atoms in total. The van der Waals surface area contributed by atoms with E-state index in [9.17, 15) is 4.79 Å². The maximum atomic E-state index is 12.1. The Balaban J connectivity index is 1.59. The number of hydrogen-bond acceptors (Lipinski definition) is 2. The highest BCUT2D eigenvalue weighted by molar-refractivity contribution is 7.09. The van der Waals surface area contributed by atoms with E-state index in [1.807, 2.05) is 6.07 Å². The number of carbonyl (C=O) groups is 1. The molecule has 0 spiro atoms. The minimum Gasteiger partial charge on any atom is -0.349 e. The van der Waals surface area contributed by atoms with Crippen LogP contribution in [0.3, 0.4) is 0 Å². The highest BCUT2D eigenvalue weighted by Crippen LogP contribution is 2.29. The summed E-state index contributed by atoms with van der Waals surface area (Å²) in [5.41, 5.74) is 2.70. The van der Waals surface area contributed by atoms with Crippen molar-refractivity contribution < 1.29 is 4.79 Å². The summed E-state index contributed by atoms with van der Waals surface area (Å²) >= 11 is 1.72. The molecular weight excluding hydrogens is 266 g/mol. The van der Waals surface area contributed by atoms with E-state index < -0.39 is 0 Å². The second kappa shape index (κ2) is 6.23. The number of amides is 1. The summed E-state index contributed by atoms with van der Waals surface area (Å²) in [4.78, 5) is 13.4. The number of hydrogen-bond donors (Lipinski definition) is 1. The average molecular weight is 285 g/mol. The number of carbonyl (C=O) groups excluding carboxylic acids is 1. The Bertz CT molecular complexity index is 576. The zero-order valence-corrected chi connectivity index (χ0v) is 12.3. The molecule has 0 bridgehead atoms. The van der Waals surface area contributed by atoms with Crippen LogP contribution in [0.2, 0.25) is 0 Å². The van der Waals surface area contributed by atoms with E-state index in [4.69, 9.17) is 0 Å². The second-order valence-electron chi connectivity index (χ2n) is 5.29. The van der Waals surface area contributed by atoms with E-state index in [1.165, 1.54) is 16.0 Å². The minimum absolute atomic E-state index is 0.167. The van der Waals surface area contributed by atoms with Gasteiger partial charge < -0.3 is 5.32 Å². The van der Waals surface area contributed by atoms with Crippen molar-refractivity contribution in [3.8, 4) is 0 Å². The molecule has 1 unspecified atom stereocenters. The van der Waals surface area contributed by atoms with Crippen LogP contribution in [0.15, 0.2) is 41.8 Å². The van der Waals surface area contributed by atoms with Crippen molar-refractivity contribution in [3.05, 3.63) is 57.8 Å². The fraction of sp³-hybridized carbons (Fsp3) is 0.353. The fourth-order valence-corrected chi connectivity index (χ4v) is 3.57. The first kappa shape index (κ1) is 13.4. The molecule has 3 heteroatoms. The topological polar surface area (TPSA) is 29.1 Å². The molecule has 0 radical (unpaired) electrons. The van der Waals surface area contributed by atoms with E-state index in [0.717, 1.165) is 25.7 Å². The first-order valence-corrected chi connectivity index (χ1v) is 8.10. The van der Waals surface area contributed by atoms with Crippen LogP contribution in [-0.2, 0) is 17.6 Å². The van der Waals surface area contributed by atoms with Crippen molar-refractivity contribution in [2.45, 2.75) is 38.1 Å². The highest BCUT2D eigenvalue weighted by Gasteiger charge is 2.21. The normalized spacial score (nSPS) is 17.5. The van der Waals surface area contributed by atoms with Crippen LogP contribution in [0.4, 0.5) is 0 Å². The van der Waals surface area contributed by atoms with Crippen LogP contribution in [0, 0.1) is 0 Å². The third-order valence-electron chi connectivity index (χ3n) is 3.88. The lowest BCUT2D eigenvalue weighted by Gasteiger charge is -2.26. The molecule has 1 amide bonds. The Morgan fingerprint density at radius 3 is 3.00 bits per heavy atom. The number of nitrogens with one attached hydrogen (secondary N) is 1. The van der Waals surface area contributed by atoms with Crippen molar-refractivity contribution in [2.75, 3.05) is 0 Å². The standard InChI is InChI=1S/C17H19NOS/c19-17(11-10-14-7-4-12-20-14)18-16-9-3-6-13-5-1-2-8-15(13)16/h1-2,4-5,7-8,12,16H,3,6,9-11H2,(H,18,19). The lowest BCUT2D eigenvalue weighted by Crippen LogP contribution is -2.31. The van der Waals surface area contributed by atoms with Crippen molar-refractivity contribution in [2.24, 2.45) is 0 Å². The van der Waals surface area contributed by atoms with Crippen LogP contribution in [0.1, 0.15) is 41.3 Å². The number of benzene rings is 1. The summed E-state index contributed by atoms with van der Waals surface area (Å²) in [6, 6.07) is 12.8. The third-order valence-corrected chi connectivity index (χ3v) is 4.82. The van der Waals surface area contributed by atoms with Crippen LogP contribution in [0.25, 0.3) is 0 Å². The molecule has 104 valence electrons. The average Bonchev–Trinajstić information content (AvgIpc) is 2.99. The van der Waals surface area contributed by atoms with Crippen molar-refractivity contribution >= 4 is 17.2 Å². The van der Waals surface area contributed by atoms with E-state index in [1.54, 1.807) is 11.3 Å². The maximum absolute atomic E-state index is 12.1. The van der Waals surface area contributed by atoms with Gasteiger partial charge in [-0.2, -0.15) is 0 Å². The van der Waals surface area contributed by atoms with Gasteiger partial charge in [-0.15, -0.1) is 11.3 Å². The molecule has 0 fully saturated rings. The summed E-state index contributed by atoms with van der Waals surface area (Å²) < 4.78 is 0. The molecule has 0 aliphatic heterocycles. The van der Waals surface area contributed by atoms with Gasteiger partial charge in [-0.3, -0.25) is 4.79 Å². The monoisotopic (exact) mass is 285 g/mol. The Hall–Kier alpha value is -1.61. The van der Waals surface area contributed by atoms with E-state index >= 15 is 0 Å². The largest absolute Gasteiger partial charge is 0.349 e. The van der Waals surface area contributed by atoms with Gasteiger partial charge in [-0.05, 0) is 48.3 Å². The summed E-state index contributed by atoms with van der Waals surface area (Å²) in [6.07, 6.45) is 4.78. The SMILES string of the molecule is O=C(CCc1cccs1)NC1CCCc2ccccc21. The number of aryl methyl sites for hydroxylation is 2. The quantitative estimate of drug-likeness (QED) is 0.907. The Morgan fingerprint density at radius 2 is 2.15 bits per heavy atom. The van der Waals surface area contributed by atoms with Crippen LogP contribution < -0.4 is 5.32 Å². The number of fused-ring (bicyclic) bond motifs is 1. The van der Waals surface area contributed by atoms with Crippen LogP contribution in [-0.4, -0.2) is 5.91 Å². The molecule has 3 rings (SSSR count). The first-order valence-electron chi connectivity index (χ1n) is 7.22. The molecule has 1 N–H and O–H groups in total. The van der Waals surface area contributed by atoms with Gasteiger partial charge in [0.15, 0.2) is 0 Å². The summed E-state index contributed by atoms with van der Waals surface area (Å²) in [5.74, 6) is 0.167. The zero-order chi connectivity index (χ0) is 13.8. The van der Waals surface area contributed by atoms with Crippen molar-refractivity contribution in [1.29, 1.82) is 0 Å². The lowest BCUT2D eigenvalue weighted by atomic mass is 9.87. The summed E-state index contributed by atoms with van der Waals surface area (Å²) in [6.45, 7) is 0. The second-order valence-corrected chi connectivity index (χ2v) is 6.32. The van der Waals surface area contributed by atoms with Crippen LogP contribution >= 0.6 is 11.3 Å². The van der Waals surface area contributed by atoms with Gasteiger partial charge in [0.1, 0.15) is 0 Å². The smallest absolute Gasteiger partial charge is 0.220 e. The molecule has 1 aliphatic rings. The molecule has 20 heavy (non-hydrogen) atoms. The molecule has 1 aliphatic carbocycles. The number of rotatable bonds is 4. The molecule has 0 saturated heterocycles. The van der Waals surface area contributed by atoms with E-state index in [2.05, 4.69) is 41.0 Å². The van der Waals surface area contributed by atoms with Crippen molar-refractivity contribution in [3.63, 3.8) is 0 Å². The molecule has 1 heterocycles. The van der Waals surface area contributed by atoms with E-state index in [0.29, 0.717) is 6.42 Å². The van der Waals surface area contributed by atoms with Crippen LogP contribution in [0.5, 0.6) is 0 Å².